The van der Waals surface area contributed by atoms with Crippen molar-refractivity contribution in [3.63, 3.8) is 0 Å². The lowest BCUT2D eigenvalue weighted by atomic mass is 9.97. The number of fused-ring (bicyclic) bond motifs is 3. The molecule has 57 heavy (non-hydrogen) atoms. The third kappa shape index (κ3) is 6.33. The highest BCUT2D eigenvalue weighted by Gasteiger charge is 2.21. The van der Waals surface area contributed by atoms with E-state index in [1.165, 1.54) is 12.1 Å². The van der Waals surface area contributed by atoms with Gasteiger partial charge >= 0.3 is 0 Å². The monoisotopic (exact) mass is 738 g/mol. The van der Waals surface area contributed by atoms with Crippen LogP contribution in [0.25, 0.3) is 95.0 Å². The van der Waals surface area contributed by atoms with Crippen LogP contribution in [-0.2, 0) is 0 Å². The van der Waals surface area contributed by atoms with E-state index in [2.05, 4.69) is 65.2 Å². The van der Waals surface area contributed by atoms with Crippen molar-refractivity contribution in [3.8, 4) is 73.2 Å². The second-order valence-corrected chi connectivity index (χ2v) is 13.9. The van der Waals surface area contributed by atoms with Gasteiger partial charge in [0.25, 0.3) is 0 Å². The predicted octanol–water partition coefficient (Wildman–Crippen LogP) is 13.2. The Kier molecular flexibility index (Phi) is 8.49. The number of halogens is 2. The quantitative estimate of drug-likeness (QED) is 0.164. The van der Waals surface area contributed by atoms with Crippen LogP contribution in [0, 0.1) is 11.6 Å². The Morgan fingerprint density at radius 3 is 1.28 bits per heavy atom. The van der Waals surface area contributed by atoms with Gasteiger partial charge < -0.3 is 4.57 Å². The van der Waals surface area contributed by atoms with Crippen molar-refractivity contribution in [1.29, 1.82) is 0 Å². The van der Waals surface area contributed by atoms with Crippen molar-refractivity contribution in [1.82, 2.24) is 19.5 Å². The maximum Gasteiger partial charge on any atom is 0.164 e. The van der Waals surface area contributed by atoms with Crippen LogP contribution in [0.4, 0.5) is 8.78 Å². The van der Waals surface area contributed by atoms with E-state index in [1.807, 2.05) is 115 Å². The molecule has 8 aromatic carbocycles. The summed E-state index contributed by atoms with van der Waals surface area (Å²) in [5, 5.41) is 2.17. The van der Waals surface area contributed by atoms with Crippen molar-refractivity contribution in [2.24, 2.45) is 0 Å². The van der Waals surface area contributed by atoms with Crippen LogP contribution in [0.1, 0.15) is 0 Å². The van der Waals surface area contributed by atoms with Crippen LogP contribution >= 0.6 is 0 Å². The topological polar surface area (TPSA) is 43.6 Å². The Labute approximate surface area is 328 Å². The molecule has 0 unspecified atom stereocenters. The first-order valence-electron chi connectivity index (χ1n) is 18.7. The molecule has 0 spiro atoms. The van der Waals surface area contributed by atoms with Gasteiger partial charge in [-0.25, -0.2) is 23.7 Å². The zero-order valence-corrected chi connectivity index (χ0v) is 30.5. The van der Waals surface area contributed by atoms with Gasteiger partial charge in [0.1, 0.15) is 11.6 Å². The summed E-state index contributed by atoms with van der Waals surface area (Å²) >= 11 is 0. The number of rotatable bonds is 7. The average Bonchev–Trinajstić information content (AvgIpc) is 3.60. The van der Waals surface area contributed by atoms with E-state index in [1.54, 1.807) is 0 Å². The molecule has 0 radical (unpaired) electrons. The van der Waals surface area contributed by atoms with E-state index in [0.29, 0.717) is 28.6 Å². The first-order valence-corrected chi connectivity index (χ1v) is 18.7. The number of benzene rings is 8. The molecule has 10 aromatic rings. The molecule has 0 fully saturated rings. The van der Waals surface area contributed by atoms with Gasteiger partial charge in [0.15, 0.2) is 17.5 Å². The molecular weight excluding hydrogens is 707 g/mol. The summed E-state index contributed by atoms with van der Waals surface area (Å²) in [6.45, 7) is 0. The van der Waals surface area contributed by atoms with Gasteiger partial charge in [-0.3, -0.25) is 0 Å². The molecule has 0 aliphatic carbocycles. The molecule has 0 saturated heterocycles. The molecule has 0 saturated carbocycles. The second-order valence-electron chi connectivity index (χ2n) is 13.9. The normalized spacial score (nSPS) is 11.3. The van der Waals surface area contributed by atoms with Crippen LogP contribution in [0.5, 0.6) is 0 Å². The van der Waals surface area contributed by atoms with Crippen molar-refractivity contribution in [2.75, 3.05) is 0 Å². The van der Waals surface area contributed by atoms with Crippen molar-refractivity contribution < 1.29 is 8.78 Å². The zero-order chi connectivity index (χ0) is 38.3. The molecule has 0 amide bonds. The first-order chi connectivity index (χ1) is 28.1. The minimum Gasteiger partial charge on any atom is -0.309 e. The van der Waals surface area contributed by atoms with Crippen molar-refractivity contribution >= 4 is 21.8 Å². The molecule has 2 aromatic heterocycles. The van der Waals surface area contributed by atoms with Gasteiger partial charge in [0, 0.05) is 44.8 Å². The highest BCUT2D eigenvalue weighted by atomic mass is 19.1. The van der Waals surface area contributed by atoms with Gasteiger partial charge in [0.2, 0.25) is 0 Å². The van der Waals surface area contributed by atoms with Gasteiger partial charge in [-0.2, -0.15) is 0 Å². The Balaban J connectivity index is 1.25. The fourth-order valence-corrected chi connectivity index (χ4v) is 7.64. The van der Waals surface area contributed by atoms with E-state index in [4.69, 9.17) is 15.0 Å². The second kappa shape index (κ2) is 14.3. The lowest BCUT2D eigenvalue weighted by Gasteiger charge is -2.16. The Morgan fingerprint density at radius 1 is 0.333 bits per heavy atom. The average molecular weight is 739 g/mol. The molecule has 0 atom stereocenters. The highest BCUT2D eigenvalue weighted by molar-refractivity contribution is 6.11. The zero-order valence-electron chi connectivity index (χ0n) is 30.5. The molecular formula is C51H32F2N4. The van der Waals surface area contributed by atoms with E-state index < -0.39 is 11.6 Å². The van der Waals surface area contributed by atoms with Gasteiger partial charge in [-0.1, -0.05) is 146 Å². The molecule has 0 aliphatic rings. The third-order valence-corrected chi connectivity index (χ3v) is 10.4. The number of aromatic nitrogens is 4. The summed E-state index contributed by atoms with van der Waals surface area (Å²) in [4.78, 5) is 14.9. The SMILES string of the molecule is Fc1ccc(-c2cc(-n3c4cc(-c5ccccc5)ccc4c4ccc(-c5ccccc5)cc43)ccc2-c2nc(-c3ccccc3)nc(-c3ccccc3)n2)c(F)c1. The molecule has 10 rings (SSSR count). The molecule has 2 heterocycles. The van der Waals surface area contributed by atoms with Crippen LogP contribution in [-0.4, -0.2) is 19.5 Å². The van der Waals surface area contributed by atoms with Gasteiger partial charge in [0.05, 0.1) is 11.0 Å². The smallest absolute Gasteiger partial charge is 0.164 e. The largest absolute Gasteiger partial charge is 0.309 e. The van der Waals surface area contributed by atoms with Crippen LogP contribution in [0.3, 0.4) is 0 Å². The van der Waals surface area contributed by atoms with Crippen LogP contribution in [0.15, 0.2) is 194 Å². The summed E-state index contributed by atoms with van der Waals surface area (Å²) in [5.74, 6) is -0.00490. The maximum absolute atomic E-state index is 16.1. The molecule has 0 bridgehead atoms. The fraction of sp³-hybridized carbons (Fsp3) is 0. The van der Waals surface area contributed by atoms with Crippen molar-refractivity contribution in [2.45, 2.75) is 0 Å². The van der Waals surface area contributed by atoms with E-state index in [0.717, 1.165) is 66.9 Å². The lowest BCUT2D eigenvalue weighted by Crippen LogP contribution is -2.02. The van der Waals surface area contributed by atoms with Crippen LogP contribution < -0.4 is 0 Å². The third-order valence-electron chi connectivity index (χ3n) is 10.4. The minimum atomic E-state index is -0.686. The standard InChI is InChI=1S/C51H32F2N4/c52-39-23-27-41(46(53)31-39)45-32-40(24-28-44(45)51-55-49(35-17-9-3-10-18-35)54-50(56-51)36-19-11-4-12-20-36)57-47-29-37(33-13-5-1-6-14-33)21-25-42(47)43-26-22-38(30-48(43)57)34-15-7-2-8-16-34/h1-32H. The summed E-state index contributed by atoms with van der Waals surface area (Å²) in [5.41, 5.74) is 10.1. The number of nitrogens with zero attached hydrogens (tertiary/aromatic N) is 4. The van der Waals surface area contributed by atoms with E-state index in [9.17, 15) is 4.39 Å². The maximum atomic E-state index is 16.1. The predicted molar refractivity (Wildman–Crippen MR) is 227 cm³/mol. The highest BCUT2D eigenvalue weighted by Crippen LogP contribution is 2.40. The summed E-state index contributed by atoms with van der Waals surface area (Å²) in [6.07, 6.45) is 0. The number of hydrogen-bond donors (Lipinski definition) is 0. The lowest BCUT2D eigenvalue weighted by molar-refractivity contribution is 0.585. The Morgan fingerprint density at radius 2 is 0.789 bits per heavy atom. The molecule has 6 heteroatoms. The molecule has 4 nitrogen and oxygen atoms in total. The molecule has 270 valence electrons. The first kappa shape index (κ1) is 34.0. The van der Waals surface area contributed by atoms with Crippen molar-refractivity contribution in [3.05, 3.63) is 206 Å². The molecule has 0 aliphatic heterocycles. The Bertz CT molecular complexity index is 2920. The number of hydrogen-bond acceptors (Lipinski definition) is 3. The van der Waals surface area contributed by atoms with E-state index >= 15 is 4.39 Å². The van der Waals surface area contributed by atoms with Crippen LogP contribution in [0.2, 0.25) is 0 Å². The molecule has 0 N–H and O–H groups in total. The van der Waals surface area contributed by atoms with Gasteiger partial charge in [-0.05, 0) is 70.3 Å². The fourth-order valence-electron chi connectivity index (χ4n) is 7.64. The van der Waals surface area contributed by atoms with E-state index in [-0.39, 0.29) is 5.56 Å². The summed E-state index contributed by atoms with van der Waals surface area (Å²) in [7, 11) is 0. The Hall–Kier alpha value is -7.57. The summed E-state index contributed by atoms with van der Waals surface area (Å²) < 4.78 is 32.8. The van der Waals surface area contributed by atoms with Gasteiger partial charge in [-0.15, -0.1) is 0 Å². The minimum absolute atomic E-state index is 0.229. The summed E-state index contributed by atoms with van der Waals surface area (Å²) in [6, 6.07) is 62.7.